The molecule has 5 nitrogen and oxygen atoms in total. The van der Waals surface area contributed by atoms with Crippen molar-refractivity contribution in [3.8, 4) is 0 Å². The van der Waals surface area contributed by atoms with Crippen molar-refractivity contribution in [3.05, 3.63) is 34.4 Å². The van der Waals surface area contributed by atoms with E-state index in [-0.39, 0.29) is 37.4 Å². The van der Waals surface area contributed by atoms with E-state index in [1.165, 1.54) is 11.8 Å². The molecular weight excluding hydrogens is 421 g/mol. The second-order valence-electron chi connectivity index (χ2n) is 7.32. The molecule has 3 rings (SSSR count). The Morgan fingerprint density at radius 1 is 1.31 bits per heavy atom. The minimum absolute atomic E-state index is 0.188. The van der Waals surface area contributed by atoms with E-state index in [1.54, 1.807) is 0 Å². The van der Waals surface area contributed by atoms with Crippen LogP contribution in [0.4, 0.5) is 26.7 Å². The van der Waals surface area contributed by atoms with Gasteiger partial charge in [0.1, 0.15) is 22.7 Å². The summed E-state index contributed by atoms with van der Waals surface area (Å²) in [6, 6.07) is -0.690. The molecule has 2 atom stereocenters. The predicted octanol–water partition coefficient (Wildman–Crippen LogP) is 3.78. The van der Waals surface area contributed by atoms with E-state index in [2.05, 4.69) is 10.6 Å². The average Bonchev–Trinajstić information content (AvgIpc) is 2.59. The van der Waals surface area contributed by atoms with Crippen molar-refractivity contribution in [2.75, 3.05) is 13.1 Å². The quantitative estimate of drug-likeness (QED) is 0.556. The van der Waals surface area contributed by atoms with Gasteiger partial charge in [0.25, 0.3) is 0 Å². The molecular formula is C18H19ClF5N3O2. The first-order valence-corrected chi connectivity index (χ1v) is 9.43. The van der Waals surface area contributed by atoms with Gasteiger partial charge in [-0.1, -0.05) is 17.7 Å². The number of amides is 3. The Balaban J connectivity index is 1.85. The van der Waals surface area contributed by atoms with Crippen LogP contribution >= 0.6 is 11.6 Å². The summed E-state index contributed by atoms with van der Waals surface area (Å²) in [5, 5.41) is 4.33. The van der Waals surface area contributed by atoms with Crippen molar-refractivity contribution < 1.29 is 31.5 Å². The first-order chi connectivity index (χ1) is 13.5. The number of halogens is 6. The molecule has 2 aliphatic rings. The van der Waals surface area contributed by atoms with Crippen molar-refractivity contribution in [2.45, 2.75) is 38.0 Å². The molecule has 1 aliphatic carbocycles. The van der Waals surface area contributed by atoms with E-state index in [0.717, 1.165) is 12.1 Å². The van der Waals surface area contributed by atoms with Crippen LogP contribution in [-0.2, 0) is 4.79 Å². The number of carbonyl (C=O) groups excluding carboxylic acids is 2. The van der Waals surface area contributed by atoms with Crippen LogP contribution in [0.1, 0.15) is 31.4 Å². The molecule has 0 unspecified atom stereocenters. The average molecular weight is 440 g/mol. The molecule has 1 saturated carbocycles. The smallest absolute Gasteiger partial charge is 0.353 e. The molecule has 1 heterocycles. The summed E-state index contributed by atoms with van der Waals surface area (Å²) < 4.78 is 66.8. The van der Waals surface area contributed by atoms with Crippen molar-refractivity contribution in [1.82, 2.24) is 15.5 Å². The maximum Gasteiger partial charge on any atom is 0.391 e. The molecule has 0 aromatic heterocycles. The Morgan fingerprint density at radius 2 is 1.97 bits per heavy atom. The fourth-order valence-corrected chi connectivity index (χ4v) is 3.88. The number of nitrogens with one attached hydrogen (secondary N) is 2. The Hall–Kier alpha value is -2.10. The monoisotopic (exact) mass is 439 g/mol. The summed E-state index contributed by atoms with van der Waals surface area (Å²) in [5.41, 5.74) is -0.190. The molecule has 1 aliphatic heterocycles. The molecule has 2 fully saturated rings. The van der Waals surface area contributed by atoms with Gasteiger partial charge in [0, 0.05) is 18.7 Å². The van der Waals surface area contributed by atoms with Crippen LogP contribution in [0.3, 0.4) is 0 Å². The lowest BCUT2D eigenvalue weighted by atomic mass is 9.69. The molecule has 1 saturated heterocycles. The first-order valence-electron chi connectivity index (χ1n) is 9.05. The first kappa shape index (κ1) is 21.6. The number of piperazine rings is 1. The predicted molar refractivity (Wildman–Crippen MR) is 94.1 cm³/mol. The van der Waals surface area contributed by atoms with E-state index in [1.807, 2.05) is 0 Å². The molecule has 0 bridgehead atoms. The van der Waals surface area contributed by atoms with Gasteiger partial charge in [0.2, 0.25) is 5.91 Å². The fourth-order valence-electron chi connectivity index (χ4n) is 3.71. The van der Waals surface area contributed by atoms with Gasteiger partial charge in [-0.2, -0.15) is 13.2 Å². The molecule has 0 radical (unpaired) electrons. The number of carbonyl (C=O) groups is 2. The van der Waals surface area contributed by atoms with Crippen LogP contribution in [0.2, 0.25) is 5.02 Å². The topological polar surface area (TPSA) is 61.4 Å². The zero-order valence-corrected chi connectivity index (χ0v) is 16.1. The lowest BCUT2D eigenvalue weighted by Gasteiger charge is -2.43. The van der Waals surface area contributed by atoms with Crippen LogP contribution < -0.4 is 10.6 Å². The lowest BCUT2D eigenvalue weighted by Crippen LogP contribution is -2.59. The summed E-state index contributed by atoms with van der Waals surface area (Å²) in [7, 11) is 0. The van der Waals surface area contributed by atoms with E-state index in [0.29, 0.717) is 0 Å². The maximum absolute atomic E-state index is 14.6. The molecule has 2 N–H and O–H groups in total. The number of nitrogens with zero attached hydrogens (tertiary/aromatic N) is 1. The van der Waals surface area contributed by atoms with E-state index >= 15 is 0 Å². The van der Waals surface area contributed by atoms with E-state index < -0.39 is 52.8 Å². The van der Waals surface area contributed by atoms with Gasteiger partial charge in [0.15, 0.2) is 0 Å². The van der Waals surface area contributed by atoms with E-state index in [4.69, 9.17) is 11.6 Å². The Bertz CT molecular complexity index is 813. The van der Waals surface area contributed by atoms with Crippen LogP contribution in [0.15, 0.2) is 12.1 Å². The molecule has 0 spiro atoms. The highest BCUT2D eigenvalue weighted by molar-refractivity contribution is 6.31. The van der Waals surface area contributed by atoms with Gasteiger partial charge in [-0.15, -0.1) is 0 Å². The van der Waals surface area contributed by atoms with Crippen molar-refractivity contribution >= 4 is 23.5 Å². The summed E-state index contributed by atoms with van der Waals surface area (Å²) in [4.78, 5) is 25.7. The minimum Gasteiger partial charge on any atom is -0.353 e. The van der Waals surface area contributed by atoms with Crippen LogP contribution in [0.5, 0.6) is 0 Å². The second-order valence-corrected chi connectivity index (χ2v) is 7.70. The standard InChI is InChI=1S/C18H19ClF5N3O2/c1-8-16(28)25-4-5-27(8)17(29)26-15(9-6-10(7-9)18(22,23)24)11-2-3-12(20)13(19)14(11)21/h2-3,8-10,15H,4-7H2,1H3,(H,25,28)(H,26,29)/t8-,9?,10?,15-/m1/s1. The number of urea groups is 1. The van der Waals surface area contributed by atoms with Crippen molar-refractivity contribution in [2.24, 2.45) is 11.8 Å². The molecule has 29 heavy (non-hydrogen) atoms. The Kier molecular flexibility index (Phi) is 5.93. The maximum atomic E-state index is 14.6. The molecule has 1 aromatic carbocycles. The Labute approximate surface area is 168 Å². The number of alkyl halides is 3. The van der Waals surface area contributed by atoms with Crippen LogP contribution in [0.25, 0.3) is 0 Å². The molecule has 3 amide bonds. The van der Waals surface area contributed by atoms with Gasteiger partial charge < -0.3 is 15.5 Å². The third-order valence-electron chi connectivity index (χ3n) is 5.55. The lowest BCUT2D eigenvalue weighted by molar-refractivity contribution is -0.206. The summed E-state index contributed by atoms with van der Waals surface area (Å²) in [5.74, 6) is -4.78. The van der Waals surface area contributed by atoms with Crippen molar-refractivity contribution in [3.63, 3.8) is 0 Å². The SMILES string of the molecule is C[C@@H]1C(=O)NCCN1C(=O)N[C@@H](c1ccc(F)c(Cl)c1F)C1CC(C(F)(F)F)C1. The summed E-state index contributed by atoms with van der Waals surface area (Å²) in [6.07, 6.45) is -5.00. The zero-order valence-electron chi connectivity index (χ0n) is 15.3. The minimum atomic E-state index is -4.39. The number of rotatable bonds is 3. The van der Waals surface area contributed by atoms with Crippen molar-refractivity contribution in [1.29, 1.82) is 0 Å². The number of hydrogen-bond acceptors (Lipinski definition) is 2. The second kappa shape index (κ2) is 7.97. The largest absolute Gasteiger partial charge is 0.391 e. The molecule has 11 heteroatoms. The third-order valence-corrected chi connectivity index (χ3v) is 5.89. The van der Waals surface area contributed by atoms with Gasteiger partial charge in [-0.3, -0.25) is 4.79 Å². The summed E-state index contributed by atoms with van der Waals surface area (Å²) >= 11 is 5.62. The van der Waals surface area contributed by atoms with Crippen LogP contribution in [0, 0.1) is 23.5 Å². The van der Waals surface area contributed by atoms with Gasteiger partial charge >= 0.3 is 12.2 Å². The fraction of sp³-hybridized carbons (Fsp3) is 0.556. The number of hydrogen-bond donors (Lipinski definition) is 2. The summed E-state index contributed by atoms with van der Waals surface area (Å²) in [6.45, 7) is 1.91. The highest BCUT2D eigenvalue weighted by Gasteiger charge is 2.51. The zero-order chi connectivity index (χ0) is 21.5. The van der Waals surface area contributed by atoms with Gasteiger partial charge in [0.05, 0.1) is 12.0 Å². The van der Waals surface area contributed by atoms with Gasteiger partial charge in [-0.05, 0) is 31.7 Å². The number of benzene rings is 1. The van der Waals surface area contributed by atoms with E-state index in [9.17, 15) is 31.5 Å². The molecule has 1 aromatic rings. The highest BCUT2D eigenvalue weighted by Crippen LogP contribution is 2.50. The Morgan fingerprint density at radius 3 is 2.59 bits per heavy atom. The third kappa shape index (κ3) is 4.26. The normalized spacial score (nSPS) is 25.8. The van der Waals surface area contributed by atoms with Crippen LogP contribution in [-0.4, -0.2) is 42.1 Å². The highest BCUT2D eigenvalue weighted by atomic mass is 35.5. The van der Waals surface area contributed by atoms with Gasteiger partial charge in [-0.25, -0.2) is 13.6 Å². The molecule has 160 valence electrons.